The minimum absolute atomic E-state index is 0.139. The third-order valence-electron chi connectivity index (χ3n) is 2.44. The highest BCUT2D eigenvalue weighted by molar-refractivity contribution is 7.98. The highest BCUT2D eigenvalue weighted by Crippen LogP contribution is 2.27. The van der Waals surface area contributed by atoms with Crippen LogP contribution in [0.15, 0.2) is 23.1 Å². The number of amides is 1. The third-order valence-corrected chi connectivity index (χ3v) is 3.67. The number of nitrogens with two attached hydrogens (primary N) is 1. The second-order valence-electron chi connectivity index (χ2n) is 3.70. The first-order valence-corrected chi connectivity index (χ1v) is 7.07. The number of ether oxygens (including phenoxy) is 1. The van der Waals surface area contributed by atoms with Crippen molar-refractivity contribution >= 4 is 35.0 Å². The summed E-state index contributed by atoms with van der Waals surface area (Å²) in [5.41, 5.74) is 6.13. The van der Waals surface area contributed by atoms with Gasteiger partial charge in [-0.15, -0.1) is 11.8 Å². The lowest BCUT2D eigenvalue weighted by molar-refractivity contribution is -0.118. The summed E-state index contributed by atoms with van der Waals surface area (Å²) in [6, 6.07) is 5.43. The lowest BCUT2D eigenvalue weighted by Crippen LogP contribution is -2.28. The van der Waals surface area contributed by atoms with E-state index in [0.29, 0.717) is 17.3 Å². The van der Waals surface area contributed by atoms with Crippen molar-refractivity contribution in [1.82, 2.24) is 0 Å². The summed E-state index contributed by atoms with van der Waals surface area (Å²) in [7, 11) is 1.54. The summed E-state index contributed by atoms with van der Waals surface area (Å²) in [5, 5.41) is 3.39. The first kappa shape index (κ1) is 15.3. The summed E-state index contributed by atoms with van der Waals surface area (Å²) in [6.07, 6.45) is 1.92. The summed E-state index contributed by atoms with van der Waals surface area (Å²) in [5.74, 6) is -0.139. The smallest absolute Gasteiger partial charge is 0.227 e. The topological polar surface area (TPSA) is 64.3 Å². The lowest BCUT2D eigenvalue weighted by atomic mass is 10.2. The van der Waals surface area contributed by atoms with Gasteiger partial charge in [0.05, 0.1) is 17.5 Å². The van der Waals surface area contributed by atoms with Crippen LogP contribution in [0.1, 0.15) is 6.42 Å². The van der Waals surface area contributed by atoms with Crippen LogP contribution in [0.3, 0.4) is 0 Å². The molecule has 0 heterocycles. The molecule has 0 saturated heterocycles. The molecule has 0 aromatic heterocycles. The fraction of sp³-hybridized carbons (Fsp3) is 0.417. The molecule has 1 unspecified atom stereocenters. The van der Waals surface area contributed by atoms with Crippen LogP contribution < -0.4 is 11.1 Å². The normalized spacial score (nSPS) is 12.2. The van der Waals surface area contributed by atoms with Gasteiger partial charge in [-0.05, 0) is 24.5 Å². The first-order valence-electron chi connectivity index (χ1n) is 5.47. The predicted molar refractivity (Wildman–Crippen MR) is 76.3 cm³/mol. The van der Waals surface area contributed by atoms with Crippen molar-refractivity contribution in [3.8, 4) is 0 Å². The first-order chi connectivity index (χ1) is 8.60. The molecule has 18 heavy (non-hydrogen) atoms. The number of rotatable bonds is 6. The molecule has 0 aliphatic rings. The number of thioether (sulfide) groups is 1. The molecule has 6 heteroatoms. The molecule has 0 aliphatic carbocycles. The van der Waals surface area contributed by atoms with Gasteiger partial charge in [0.2, 0.25) is 5.91 Å². The number of hydrogen-bond donors (Lipinski definition) is 2. The number of halogens is 1. The molecular formula is C12H17ClN2O2S. The number of anilines is 1. The molecule has 0 bridgehead atoms. The van der Waals surface area contributed by atoms with Gasteiger partial charge >= 0.3 is 0 Å². The fourth-order valence-electron chi connectivity index (χ4n) is 1.43. The highest BCUT2D eigenvalue weighted by atomic mass is 35.5. The molecule has 1 aromatic carbocycles. The lowest BCUT2D eigenvalue weighted by Gasteiger charge is -2.13. The Morgan fingerprint density at radius 3 is 2.83 bits per heavy atom. The van der Waals surface area contributed by atoms with Crippen LogP contribution in [0.25, 0.3) is 0 Å². The van der Waals surface area contributed by atoms with Gasteiger partial charge in [-0.1, -0.05) is 11.6 Å². The summed E-state index contributed by atoms with van der Waals surface area (Å²) < 4.78 is 5.05. The molecule has 0 aliphatic heterocycles. The maximum atomic E-state index is 11.7. The van der Waals surface area contributed by atoms with Gasteiger partial charge in [0.25, 0.3) is 0 Å². The van der Waals surface area contributed by atoms with E-state index in [1.165, 1.54) is 7.11 Å². The molecule has 0 fully saturated rings. The maximum absolute atomic E-state index is 11.7. The molecular weight excluding hydrogens is 272 g/mol. The maximum Gasteiger partial charge on any atom is 0.227 e. The second kappa shape index (κ2) is 7.63. The van der Waals surface area contributed by atoms with E-state index >= 15 is 0 Å². The molecule has 1 atom stereocenters. The second-order valence-corrected chi connectivity index (χ2v) is 4.95. The zero-order chi connectivity index (χ0) is 13.5. The van der Waals surface area contributed by atoms with Gasteiger partial charge in [-0.3, -0.25) is 4.79 Å². The molecule has 1 amide bonds. The molecule has 0 spiro atoms. The molecule has 4 nitrogen and oxygen atoms in total. The van der Waals surface area contributed by atoms with E-state index in [9.17, 15) is 4.79 Å². The Morgan fingerprint density at radius 1 is 1.61 bits per heavy atom. The van der Waals surface area contributed by atoms with Gasteiger partial charge in [0, 0.05) is 24.2 Å². The number of hydrogen-bond acceptors (Lipinski definition) is 4. The van der Waals surface area contributed by atoms with E-state index < -0.39 is 0 Å². The molecule has 0 saturated carbocycles. The Balaban J connectivity index is 2.62. The van der Waals surface area contributed by atoms with Crippen molar-refractivity contribution in [1.29, 1.82) is 0 Å². The number of methoxy groups -OCH3 is 1. The van der Waals surface area contributed by atoms with Crippen LogP contribution >= 0.6 is 23.4 Å². The Hall–Kier alpha value is -0.750. The molecule has 1 rings (SSSR count). The number of carbonyl (C=O) groups excluding carboxylic acids is 1. The SMILES string of the molecule is COC(CN)CC(=O)Nc1ccc(SC)c(Cl)c1. The third kappa shape index (κ3) is 4.49. The molecule has 100 valence electrons. The van der Waals surface area contributed by atoms with Crippen LogP contribution in [-0.2, 0) is 9.53 Å². The zero-order valence-electron chi connectivity index (χ0n) is 10.4. The largest absolute Gasteiger partial charge is 0.380 e. The standard InChI is InChI=1S/C12H17ClN2O2S/c1-17-9(7-14)6-12(16)15-8-3-4-11(18-2)10(13)5-8/h3-5,9H,6-7,14H2,1-2H3,(H,15,16). The average Bonchev–Trinajstić information content (AvgIpc) is 2.36. The van der Waals surface area contributed by atoms with E-state index in [4.69, 9.17) is 22.1 Å². The van der Waals surface area contributed by atoms with Crippen LogP contribution in [0.2, 0.25) is 5.02 Å². The van der Waals surface area contributed by atoms with E-state index in [2.05, 4.69) is 5.32 Å². The van der Waals surface area contributed by atoms with Crippen LogP contribution in [0, 0.1) is 0 Å². The quantitative estimate of drug-likeness (QED) is 0.789. The van der Waals surface area contributed by atoms with Crippen LogP contribution in [0.5, 0.6) is 0 Å². The fourth-order valence-corrected chi connectivity index (χ4v) is 2.30. The Bertz CT molecular complexity index is 411. The molecule has 3 N–H and O–H groups in total. The van der Waals surface area contributed by atoms with Crippen molar-refractivity contribution in [2.75, 3.05) is 25.2 Å². The molecule has 1 aromatic rings. The van der Waals surface area contributed by atoms with E-state index in [1.54, 1.807) is 17.8 Å². The van der Waals surface area contributed by atoms with Crippen molar-refractivity contribution in [3.05, 3.63) is 23.2 Å². The van der Waals surface area contributed by atoms with Crippen LogP contribution in [0.4, 0.5) is 5.69 Å². The van der Waals surface area contributed by atoms with Gasteiger partial charge in [-0.25, -0.2) is 0 Å². The van der Waals surface area contributed by atoms with Gasteiger partial charge < -0.3 is 15.8 Å². The van der Waals surface area contributed by atoms with Gasteiger partial charge in [0.1, 0.15) is 0 Å². The Kier molecular flexibility index (Phi) is 6.49. The summed E-state index contributed by atoms with van der Waals surface area (Å²) in [4.78, 5) is 12.7. The van der Waals surface area contributed by atoms with E-state index in [0.717, 1.165) is 4.90 Å². The van der Waals surface area contributed by atoms with Crippen molar-refractivity contribution in [2.24, 2.45) is 5.73 Å². The summed E-state index contributed by atoms with van der Waals surface area (Å²) in [6.45, 7) is 0.316. The number of benzene rings is 1. The monoisotopic (exact) mass is 288 g/mol. The van der Waals surface area contributed by atoms with E-state index in [-0.39, 0.29) is 18.4 Å². The Labute approximate surface area is 116 Å². The zero-order valence-corrected chi connectivity index (χ0v) is 12.0. The highest BCUT2D eigenvalue weighted by Gasteiger charge is 2.12. The average molecular weight is 289 g/mol. The van der Waals surface area contributed by atoms with Crippen molar-refractivity contribution < 1.29 is 9.53 Å². The Morgan fingerprint density at radius 2 is 2.33 bits per heavy atom. The number of nitrogens with one attached hydrogen (secondary N) is 1. The van der Waals surface area contributed by atoms with Crippen molar-refractivity contribution in [3.63, 3.8) is 0 Å². The van der Waals surface area contributed by atoms with Crippen molar-refractivity contribution in [2.45, 2.75) is 17.4 Å². The van der Waals surface area contributed by atoms with Crippen LogP contribution in [-0.4, -0.2) is 31.9 Å². The minimum atomic E-state index is -0.258. The minimum Gasteiger partial charge on any atom is -0.380 e. The number of carbonyl (C=O) groups is 1. The summed E-state index contributed by atoms with van der Waals surface area (Å²) >= 11 is 7.62. The molecule has 0 radical (unpaired) electrons. The van der Waals surface area contributed by atoms with Gasteiger partial charge in [0.15, 0.2) is 0 Å². The van der Waals surface area contributed by atoms with Gasteiger partial charge in [-0.2, -0.15) is 0 Å². The predicted octanol–water partition coefficient (Wildman–Crippen LogP) is 2.36. The van der Waals surface area contributed by atoms with E-state index in [1.807, 2.05) is 18.4 Å².